The minimum Gasteiger partial charge on any atom is -0.103 e. The van der Waals surface area contributed by atoms with Gasteiger partial charge in [0, 0.05) is 0 Å². The molecule has 72 valence electrons. The Bertz CT molecular complexity index is 70.0. The molecule has 0 unspecified atom stereocenters. The van der Waals surface area contributed by atoms with Crippen LogP contribution >= 0.6 is 0 Å². The smallest absolute Gasteiger partial charge is 0.0319 e. The highest BCUT2D eigenvalue weighted by atomic mass is 13.8. The molecule has 12 heavy (non-hydrogen) atoms. The highest BCUT2D eigenvalue weighted by molar-refractivity contribution is 4.74. The molecule has 0 aromatic carbocycles. The van der Waals surface area contributed by atoms with E-state index >= 15 is 0 Å². The van der Waals surface area contributed by atoms with E-state index in [-0.39, 0.29) is 0 Å². The van der Waals surface area contributed by atoms with E-state index in [2.05, 4.69) is 27.0 Å². The van der Waals surface area contributed by atoms with Crippen LogP contribution in [0, 0.1) is 0 Å². The summed E-state index contributed by atoms with van der Waals surface area (Å²) >= 11 is 0. The molecule has 0 heteroatoms. The molecule has 0 aliphatic heterocycles. The molecule has 0 aliphatic rings. The van der Waals surface area contributed by atoms with Crippen LogP contribution in [0.25, 0.3) is 0 Å². The molecule has 0 bridgehead atoms. The largest absolute Gasteiger partial charge is 0.103 e. The lowest BCUT2D eigenvalue weighted by Crippen LogP contribution is -1.66. The monoisotopic (exact) mass is 168 g/mol. The summed E-state index contributed by atoms with van der Waals surface area (Å²) in [4.78, 5) is 0. The molecule has 0 N–H and O–H groups in total. The molecule has 0 saturated carbocycles. The van der Waals surface area contributed by atoms with E-state index in [0.717, 1.165) is 12.8 Å². The van der Waals surface area contributed by atoms with Gasteiger partial charge in [-0.15, -0.1) is 13.2 Å². The Morgan fingerprint density at radius 1 is 0.833 bits per heavy atom. The molecule has 0 atom stereocenters. The molecular weight excluding hydrogens is 144 g/mol. The van der Waals surface area contributed by atoms with Gasteiger partial charge in [-0.3, -0.25) is 0 Å². The predicted octanol–water partition coefficient (Wildman–Crippen LogP) is 4.73. The van der Waals surface area contributed by atoms with Gasteiger partial charge in [0.15, 0.2) is 0 Å². The van der Waals surface area contributed by atoms with Crippen molar-refractivity contribution in [3.63, 3.8) is 0 Å². The lowest BCUT2D eigenvalue weighted by atomic mass is 10.2. The van der Waals surface area contributed by atoms with Crippen LogP contribution in [0.2, 0.25) is 0 Å². The molecule has 0 aromatic heterocycles. The van der Waals surface area contributed by atoms with Gasteiger partial charge in [0.2, 0.25) is 0 Å². The normalized spacial score (nSPS) is 8.17. The second-order valence-electron chi connectivity index (χ2n) is 2.86. The molecule has 0 saturated heterocycles. The van der Waals surface area contributed by atoms with Gasteiger partial charge in [0.25, 0.3) is 0 Å². The van der Waals surface area contributed by atoms with Crippen LogP contribution in [0.4, 0.5) is 0 Å². The maximum Gasteiger partial charge on any atom is -0.0319 e. The number of hydrogen-bond donors (Lipinski definition) is 0. The highest BCUT2D eigenvalue weighted by Gasteiger charge is 1.75. The predicted molar refractivity (Wildman–Crippen MR) is 59.4 cm³/mol. The standard InChI is InChI=1S/C6H14.C6H10/c2*1-3-5-6-4-2/h3-6H2,1-2H3;3-4H,1-2,5-6H2. The van der Waals surface area contributed by atoms with Crippen molar-refractivity contribution in [1.82, 2.24) is 0 Å². The van der Waals surface area contributed by atoms with Crippen LogP contribution in [0.3, 0.4) is 0 Å². The first kappa shape index (κ1) is 14.0. The second kappa shape index (κ2) is 16.8. The zero-order valence-electron chi connectivity index (χ0n) is 8.81. The summed E-state index contributed by atoms with van der Waals surface area (Å²) in [6.07, 6.45) is 11.4. The Kier molecular flexibility index (Phi) is 19.7. The van der Waals surface area contributed by atoms with Crippen LogP contribution < -0.4 is 0 Å². The first-order chi connectivity index (χ1) is 5.83. The lowest BCUT2D eigenvalue weighted by molar-refractivity contribution is 0.702. The van der Waals surface area contributed by atoms with E-state index in [4.69, 9.17) is 0 Å². The third-order valence-electron chi connectivity index (χ3n) is 1.53. The van der Waals surface area contributed by atoms with Crippen LogP contribution in [0.15, 0.2) is 25.3 Å². The fourth-order valence-corrected chi connectivity index (χ4v) is 0.736. The van der Waals surface area contributed by atoms with E-state index < -0.39 is 0 Å². The Morgan fingerprint density at radius 2 is 1.17 bits per heavy atom. The highest BCUT2D eigenvalue weighted by Crippen LogP contribution is 1.95. The maximum atomic E-state index is 3.55. The molecule has 0 heterocycles. The molecule has 0 rings (SSSR count). The second-order valence-corrected chi connectivity index (χ2v) is 2.86. The number of allylic oxidation sites excluding steroid dienone is 2. The Hall–Kier alpha value is -0.520. The summed E-state index contributed by atoms with van der Waals surface area (Å²) in [6.45, 7) is 11.6. The Morgan fingerprint density at radius 3 is 1.33 bits per heavy atom. The minimum absolute atomic E-state index is 1.06. The molecule has 0 amide bonds. The number of unbranched alkanes of at least 4 members (excludes halogenated alkanes) is 4. The van der Waals surface area contributed by atoms with Crippen molar-refractivity contribution in [2.75, 3.05) is 0 Å². The minimum atomic E-state index is 1.06. The molecule has 0 nitrogen and oxygen atoms in total. The van der Waals surface area contributed by atoms with Crippen molar-refractivity contribution in [3.05, 3.63) is 25.3 Å². The van der Waals surface area contributed by atoms with E-state index in [0.29, 0.717) is 0 Å². The van der Waals surface area contributed by atoms with Crippen molar-refractivity contribution in [2.24, 2.45) is 0 Å². The van der Waals surface area contributed by atoms with Crippen LogP contribution in [-0.4, -0.2) is 0 Å². The topological polar surface area (TPSA) is 0 Å². The third-order valence-corrected chi connectivity index (χ3v) is 1.53. The molecule has 0 spiro atoms. The van der Waals surface area contributed by atoms with Crippen molar-refractivity contribution in [2.45, 2.75) is 52.4 Å². The van der Waals surface area contributed by atoms with Gasteiger partial charge in [0.1, 0.15) is 0 Å². The first-order valence-corrected chi connectivity index (χ1v) is 5.05. The third kappa shape index (κ3) is 22.7. The number of hydrogen-bond acceptors (Lipinski definition) is 0. The quantitative estimate of drug-likeness (QED) is 0.397. The molecule has 0 aliphatic carbocycles. The van der Waals surface area contributed by atoms with Gasteiger partial charge >= 0.3 is 0 Å². The molecular formula is C12H24. The SMILES string of the molecule is C=CCCC=C.CCCCCC. The summed E-state index contributed by atoms with van der Waals surface area (Å²) in [7, 11) is 0. The van der Waals surface area contributed by atoms with Crippen molar-refractivity contribution in [1.29, 1.82) is 0 Å². The maximum absolute atomic E-state index is 3.55. The van der Waals surface area contributed by atoms with Gasteiger partial charge in [-0.05, 0) is 12.8 Å². The summed E-state index contributed by atoms with van der Waals surface area (Å²) in [5, 5.41) is 0. The summed E-state index contributed by atoms with van der Waals surface area (Å²) in [5.74, 6) is 0. The van der Waals surface area contributed by atoms with Crippen LogP contribution in [-0.2, 0) is 0 Å². The summed E-state index contributed by atoms with van der Waals surface area (Å²) in [5.41, 5.74) is 0. The number of rotatable bonds is 6. The Labute approximate surface area is 78.4 Å². The average molecular weight is 168 g/mol. The molecule has 0 aromatic rings. The van der Waals surface area contributed by atoms with Crippen LogP contribution in [0.5, 0.6) is 0 Å². The molecule has 0 radical (unpaired) electrons. The van der Waals surface area contributed by atoms with Crippen molar-refractivity contribution < 1.29 is 0 Å². The van der Waals surface area contributed by atoms with Gasteiger partial charge in [0.05, 0.1) is 0 Å². The van der Waals surface area contributed by atoms with E-state index in [1.807, 2.05) is 12.2 Å². The average Bonchev–Trinajstić information content (AvgIpc) is 2.12. The zero-order valence-corrected chi connectivity index (χ0v) is 8.81. The Balaban J connectivity index is 0. The van der Waals surface area contributed by atoms with Gasteiger partial charge < -0.3 is 0 Å². The molecule has 0 fully saturated rings. The van der Waals surface area contributed by atoms with E-state index in [1.54, 1.807) is 0 Å². The van der Waals surface area contributed by atoms with Gasteiger partial charge in [-0.1, -0.05) is 51.7 Å². The lowest BCUT2D eigenvalue weighted by Gasteiger charge is -1.86. The van der Waals surface area contributed by atoms with Gasteiger partial charge in [-0.25, -0.2) is 0 Å². The fourth-order valence-electron chi connectivity index (χ4n) is 0.736. The van der Waals surface area contributed by atoms with Crippen molar-refractivity contribution in [3.8, 4) is 0 Å². The van der Waals surface area contributed by atoms with Gasteiger partial charge in [-0.2, -0.15) is 0 Å². The first-order valence-electron chi connectivity index (χ1n) is 5.05. The van der Waals surface area contributed by atoms with Crippen molar-refractivity contribution >= 4 is 0 Å². The zero-order chi connectivity index (χ0) is 9.66. The van der Waals surface area contributed by atoms with E-state index in [1.165, 1.54) is 25.7 Å². The summed E-state index contributed by atoms with van der Waals surface area (Å²) in [6, 6.07) is 0. The van der Waals surface area contributed by atoms with Crippen LogP contribution in [0.1, 0.15) is 52.4 Å². The summed E-state index contributed by atoms with van der Waals surface area (Å²) < 4.78 is 0. The van der Waals surface area contributed by atoms with E-state index in [9.17, 15) is 0 Å². The fraction of sp³-hybridized carbons (Fsp3) is 0.667.